The van der Waals surface area contributed by atoms with E-state index in [0.717, 1.165) is 12.7 Å². The summed E-state index contributed by atoms with van der Waals surface area (Å²) in [6.07, 6.45) is 9.63. The quantitative estimate of drug-likeness (QED) is 0.391. The van der Waals surface area contributed by atoms with E-state index in [9.17, 15) is 4.79 Å². The Kier molecular flexibility index (Phi) is 7.71. The molecular weight excluding hydrogens is 238 g/mol. The molecule has 0 saturated carbocycles. The van der Waals surface area contributed by atoms with Crippen molar-refractivity contribution in [2.45, 2.75) is 51.9 Å². The molecule has 1 aromatic carbocycles. The number of carbonyl (C=O) groups excluding carboxylic acids is 1. The lowest BCUT2D eigenvalue weighted by Crippen LogP contribution is -2.01. The number of carbonyl (C=O) groups is 1. The Labute approximate surface area is 116 Å². The topological polar surface area (TPSA) is 52.3 Å². The zero-order chi connectivity index (χ0) is 13.9. The van der Waals surface area contributed by atoms with Gasteiger partial charge in [-0.05, 0) is 24.6 Å². The highest BCUT2D eigenvalue weighted by Crippen LogP contribution is 2.22. The van der Waals surface area contributed by atoms with Gasteiger partial charge in [0.15, 0.2) is 0 Å². The molecule has 3 heteroatoms. The number of aldehydes is 1. The smallest absolute Gasteiger partial charge is 0.150 e. The average molecular weight is 263 g/mol. The molecule has 0 aliphatic carbocycles. The van der Waals surface area contributed by atoms with Crippen molar-refractivity contribution < 1.29 is 9.53 Å². The van der Waals surface area contributed by atoms with Crippen molar-refractivity contribution in [2.24, 2.45) is 0 Å². The van der Waals surface area contributed by atoms with Crippen molar-refractivity contribution >= 4 is 12.0 Å². The van der Waals surface area contributed by atoms with Gasteiger partial charge in [0.25, 0.3) is 0 Å². The number of anilines is 1. The van der Waals surface area contributed by atoms with Gasteiger partial charge in [-0.3, -0.25) is 4.79 Å². The van der Waals surface area contributed by atoms with Gasteiger partial charge in [-0.2, -0.15) is 0 Å². The van der Waals surface area contributed by atoms with Gasteiger partial charge in [-0.25, -0.2) is 0 Å². The molecule has 1 rings (SSSR count). The summed E-state index contributed by atoms with van der Waals surface area (Å²) in [6, 6.07) is 5.14. The van der Waals surface area contributed by atoms with E-state index in [1.165, 1.54) is 38.5 Å². The maximum atomic E-state index is 10.6. The largest absolute Gasteiger partial charge is 0.491 e. The minimum Gasteiger partial charge on any atom is -0.491 e. The number of unbranched alkanes of at least 4 members (excludes halogenated alkanes) is 6. The van der Waals surface area contributed by atoms with Gasteiger partial charge in [0.2, 0.25) is 0 Å². The number of nitrogens with two attached hydrogens (primary N) is 1. The third-order valence-corrected chi connectivity index (χ3v) is 3.18. The van der Waals surface area contributed by atoms with Gasteiger partial charge in [0.05, 0.1) is 12.3 Å². The third-order valence-electron chi connectivity index (χ3n) is 3.18. The number of hydrogen-bond donors (Lipinski definition) is 1. The van der Waals surface area contributed by atoms with Gasteiger partial charge in [-0.15, -0.1) is 0 Å². The first-order valence-corrected chi connectivity index (χ1v) is 7.25. The Hall–Kier alpha value is -1.51. The fourth-order valence-electron chi connectivity index (χ4n) is 2.01. The summed E-state index contributed by atoms with van der Waals surface area (Å²) in [4.78, 5) is 10.6. The van der Waals surface area contributed by atoms with Crippen LogP contribution in [0.3, 0.4) is 0 Å². The molecule has 0 saturated heterocycles. The molecule has 0 bridgehead atoms. The monoisotopic (exact) mass is 263 g/mol. The van der Waals surface area contributed by atoms with Crippen molar-refractivity contribution in [3.05, 3.63) is 23.8 Å². The maximum Gasteiger partial charge on any atom is 0.150 e. The molecule has 19 heavy (non-hydrogen) atoms. The van der Waals surface area contributed by atoms with E-state index in [0.29, 0.717) is 23.6 Å². The Morgan fingerprint density at radius 3 is 2.42 bits per heavy atom. The summed E-state index contributed by atoms with van der Waals surface area (Å²) >= 11 is 0. The Bertz CT molecular complexity index is 377. The van der Waals surface area contributed by atoms with Crippen LogP contribution in [-0.4, -0.2) is 12.9 Å². The van der Waals surface area contributed by atoms with Gasteiger partial charge in [-0.1, -0.05) is 45.4 Å². The second kappa shape index (κ2) is 9.42. The van der Waals surface area contributed by atoms with Crippen molar-refractivity contribution in [1.29, 1.82) is 0 Å². The molecule has 0 aromatic heterocycles. The lowest BCUT2D eigenvalue weighted by Gasteiger charge is -2.09. The second-order valence-corrected chi connectivity index (χ2v) is 4.88. The van der Waals surface area contributed by atoms with Crippen LogP contribution in [0.25, 0.3) is 0 Å². The first-order chi connectivity index (χ1) is 9.27. The van der Waals surface area contributed by atoms with E-state index in [-0.39, 0.29) is 0 Å². The second-order valence-electron chi connectivity index (χ2n) is 4.88. The Balaban J connectivity index is 2.14. The van der Waals surface area contributed by atoms with E-state index in [1.807, 2.05) is 0 Å². The molecule has 0 atom stereocenters. The van der Waals surface area contributed by atoms with Crippen LogP contribution in [0, 0.1) is 0 Å². The molecule has 3 nitrogen and oxygen atoms in total. The lowest BCUT2D eigenvalue weighted by atomic mass is 10.1. The van der Waals surface area contributed by atoms with Gasteiger partial charge >= 0.3 is 0 Å². The molecule has 0 aliphatic heterocycles. The van der Waals surface area contributed by atoms with Crippen molar-refractivity contribution in [2.75, 3.05) is 12.3 Å². The number of rotatable bonds is 10. The maximum absolute atomic E-state index is 10.6. The summed E-state index contributed by atoms with van der Waals surface area (Å²) in [5.74, 6) is 0.677. The van der Waals surface area contributed by atoms with Crippen molar-refractivity contribution in [1.82, 2.24) is 0 Å². The van der Waals surface area contributed by atoms with Crippen molar-refractivity contribution in [3.63, 3.8) is 0 Å². The number of benzene rings is 1. The lowest BCUT2D eigenvalue weighted by molar-refractivity contribution is 0.112. The summed E-state index contributed by atoms with van der Waals surface area (Å²) < 4.78 is 5.62. The average Bonchev–Trinajstić information content (AvgIpc) is 2.43. The molecule has 0 fully saturated rings. The SMILES string of the molecule is CCCCCCCCCOc1ccc(C=O)cc1N. The minimum atomic E-state index is 0.535. The predicted octanol–water partition coefficient (Wildman–Crippen LogP) is 4.21. The number of nitrogen functional groups attached to an aromatic ring is 1. The Morgan fingerprint density at radius 2 is 1.79 bits per heavy atom. The zero-order valence-electron chi connectivity index (χ0n) is 11.9. The van der Waals surface area contributed by atoms with E-state index < -0.39 is 0 Å². The fraction of sp³-hybridized carbons (Fsp3) is 0.562. The zero-order valence-corrected chi connectivity index (χ0v) is 11.9. The van der Waals surface area contributed by atoms with Crippen LogP contribution in [0.15, 0.2) is 18.2 Å². The highest BCUT2D eigenvalue weighted by molar-refractivity contribution is 5.78. The van der Waals surface area contributed by atoms with E-state index >= 15 is 0 Å². The number of ether oxygens (including phenoxy) is 1. The third kappa shape index (κ3) is 6.27. The van der Waals surface area contributed by atoms with Crippen LogP contribution in [0.2, 0.25) is 0 Å². The molecule has 0 aliphatic rings. The molecule has 106 valence electrons. The van der Waals surface area contributed by atoms with E-state index in [1.54, 1.807) is 18.2 Å². The summed E-state index contributed by atoms with van der Waals surface area (Å²) in [6.45, 7) is 2.92. The van der Waals surface area contributed by atoms with Crippen LogP contribution >= 0.6 is 0 Å². The Morgan fingerprint density at radius 1 is 1.11 bits per heavy atom. The molecule has 0 radical (unpaired) electrons. The first kappa shape index (κ1) is 15.5. The molecular formula is C16H25NO2. The van der Waals surface area contributed by atoms with Gasteiger partial charge in [0, 0.05) is 5.56 Å². The molecule has 0 unspecified atom stereocenters. The van der Waals surface area contributed by atoms with E-state index in [4.69, 9.17) is 10.5 Å². The van der Waals surface area contributed by atoms with Gasteiger partial charge < -0.3 is 10.5 Å². The molecule has 1 aromatic rings. The summed E-state index contributed by atoms with van der Waals surface area (Å²) in [5, 5.41) is 0. The minimum absolute atomic E-state index is 0.535. The van der Waals surface area contributed by atoms with Crippen LogP contribution in [0.5, 0.6) is 5.75 Å². The summed E-state index contributed by atoms with van der Waals surface area (Å²) in [7, 11) is 0. The first-order valence-electron chi connectivity index (χ1n) is 7.25. The number of hydrogen-bond acceptors (Lipinski definition) is 3. The van der Waals surface area contributed by atoms with Crippen LogP contribution in [0.4, 0.5) is 5.69 Å². The summed E-state index contributed by atoms with van der Waals surface area (Å²) in [5.41, 5.74) is 6.93. The fourth-order valence-corrected chi connectivity index (χ4v) is 2.01. The van der Waals surface area contributed by atoms with E-state index in [2.05, 4.69) is 6.92 Å². The highest BCUT2D eigenvalue weighted by Gasteiger charge is 2.01. The van der Waals surface area contributed by atoms with Crippen LogP contribution in [-0.2, 0) is 0 Å². The van der Waals surface area contributed by atoms with Crippen LogP contribution in [0.1, 0.15) is 62.2 Å². The molecule has 0 spiro atoms. The molecule has 0 amide bonds. The highest BCUT2D eigenvalue weighted by atomic mass is 16.5. The van der Waals surface area contributed by atoms with Gasteiger partial charge in [0.1, 0.15) is 12.0 Å². The molecule has 2 N–H and O–H groups in total. The predicted molar refractivity (Wildman–Crippen MR) is 79.7 cm³/mol. The molecule has 0 heterocycles. The van der Waals surface area contributed by atoms with Crippen molar-refractivity contribution in [3.8, 4) is 5.75 Å². The van der Waals surface area contributed by atoms with Crippen LogP contribution < -0.4 is 10.5 Å². The normalized spacial score (nSPS) is 10.4. The standard InChI is InChI=1S/C16H25NO2/c1-2-3-4-5-6-7-8-11-19-16-10-9-14(13-18)12-15(16)17/h9-10,12-13H,2-8,11,17H2,1H3.